The van der Waals surface area contributed by atoms with Gasteiger partial charge in [0, 0.05) is 12.1 Å². The molecule has 0 bridgehead atoms. The van der Waals surface area contributed by atoms with Gasteiger partial charge in [0.25, 0.3) is 5.91 Å². The lowest BCUT2D eigenvalue weighted by molar-refractivity contribution is 0.0950. The standard InChI is InChI=1S/C12H12F3NO/c1-6-2-8(6)5-16-12(17)7-3-9(13)11(15)10(14)4-7/h3-4,6,8H,2,5H2,1H3,(H,16,17). The summed E-state index contributed by atoms with van der Waals surface area (Å²) in [5.74, 6) is -3.82. The van der Waals surface area contributed by atoms with E-state index in [9.17, 15) is 18.0 Å². The van der Waals surface area contributed by atoms with E-state index in [2.05, 4.69) is 12.2 Å². The first-order valence-corrected chi connectivity index (χ1v) is 5.41. The Morgan fingerprint density at radius 1 is 1.35 bits per heavy atom. The lowest BCUT2D eigenvalue weighted by Crippen LogP contribution is -2.26. The maximum Gasteiger partial charge on any atom is 0.251 e. The van der Waals surface area contributed by atoms with Crippen LogP contribution < -0.4 is 5.32 Å². The zero-order chi connectivity index (χ0) is 12.6. The lowest BCUT2D eigenvalue weighted by Gasteiger charge is -2.05. The second-order valence-corrected chi connectivity index (χ2v) is 4.44. The zero-order valence-electron chi connectivity index (χ0n) is 9.27. The highest BCUT2D eigenvalue weighted by molar-refractivity contribution is 5.94. The summed E-state index contributed by atoms with van der Waals surface area (Å²) in [7, 11) is 0. The second-order valence-electron chi connectivity index (χ2n) is 4.44. The van der Waals surface area contributed by atoms with Crippen molar-refractivity contribution in [1.29, 1.82) is 0 Å². The molecule has 1 N–H and O–H groups in total. The number of nitrogens with one attached hydrogen (secondary N) is 1. The van der Waals surface area contributed by atoms with Gasteiger partial charge in [-0.2, -0.15) is 0 Å². The number of carbonyl (C=O) groups excluding carboxylic acids is 1. The molecule has 0 spiro atoms. The van der Waals surface area contributed by atoms with Crippen molar-refractivity contribution in [2.24, 2.45) is 11.8 Å². The van der Waals surface area contributed by atoms with Crippen LogP contribution in [0.25, 0.3) is 0 Å². The molecule has 0 radical (unpaired) electrons. The van der Waals surface area contributed by atoms with Crippen molar-refractivity contribution in [2.45, 2.75) is 13.3 Å². The van der Waals surface area contributed by atoms with Crippen LogP contribution in [0.3, 0.4) is 0 Å². The molecule has 5 heteroatoms. The molecule has 17 heavy (non-hydrogen) atoms. The Hall–Kier alpha value is -1.52. The van der Waals surface area contributed by atoms with Crippen LogP contribution in [0.4, 0.5) is 13.2 Å². The number of hydrogen-bond donors (Lipinski definition) is 1. The molecular weight excluding hydrogens is 231 g/mol. The molecule has 2 unspecified atom stereocenters. The minimum absolute atomic E-state index is 0.199. The number of halogens is 3. The van der Waals surface area contributed by atoms with Crippen LogP contribution in [-0.2, 0) is 0 Å². The highest BCUT2D eigenvalue weighted by Gasteiger charge is 2.32. The number of benzene rings is 1. The van der Waals surface area contributed by atoms with E-state index in [4.69, 9.17) is 0 Å². The lowest BCUT2D eigenvalue weighted by atomic mass is 10.2. The maximum absolute atomic E-state index is 12.9. The molecule has 0 heterocycles. The first-order valence-electron chi connectivity index (χ1n) is 5.41. The summed E-state index contributed by atoms with van der Waals surface area (Å²) in [6, 6.07) is 1.40. The van der Waals surface area contributed by atoms with E-state index in [1.54, 1.807) is 0 Å². The summed E-state index contributed by atoms with van der Waals surface area (Å²) in [5.41, 5.74) is -0.199. The first-order chi connectivity index (χ1) is 7.99. The molecule has 0 aliphatic heterocycles. The van der Waals surface area contributed by atoms with E-state index in [0.717, 1.165) is 6.42 Å². The third-order valence-corrected chi connectivity index (χ3v) is 3.05. The van der Waals surface area contributed by atoms with E-state index in [1.165, 1.54) is 0 Å². The Bertz CT molecular complexity index is 438. The fraction of sp³-hybridized carbons (Fsp3) is 0.417. The average molecular weight is 243 g/mol. The van der Waals surface area contributed by atoms with Gasteiger partial charge in [-0.15, -0.1) is 0 Å². The third kappa shape index (κ3) is 2.60. The van der Waals surface area contributed by atoms with Crippen LogP contribution in [0.15, 0.2) is 12.1 Å². The van der Waals surface area contributed by atoms with Gasteiger partial charge >= 0.3 is 0 Å². The molecule has 1 fully saturated rings. The fourth-order valence-electron chi connectivity index (χ4n) is 1.70. The number of amides is 1. The minimum atomic E-state index is -1.56. The van der Waals surface area contributed by atoms with Crippen LogP contribution in [0.5, 0.6) is 0 Å². The van der Waals surface area contributed by atoms with Gasteiger partial charge < -0.3 is 5.32 Å². The molecule has 2 atom stereocenters. The highest BCUT2D eigenvalue weighted by Crippen LogP contribution is 2.36. The van der Waals surface area contributed by atoms with E-state index < -0.39 is 23.4 Å². The topological polar surface area (TPSA) is 29.1 Å². The van der Waals surface area contributed by atoms with Gasteiger partial charge in [0.2, 0.25) is 0 Å². The average Bonchev–Trinajstić information content (AvgIpc) is 2.98. The smallest absolute Gasteiger partial charge is 0.251 e. The van der Waals surface area contributed by atoms with Gasteiger partial charge in [0.1, 0.15) is 0 Å². The first kappa shape index (κ1) is 12.0. The summed E-state index contributed by atoms with van der Waals surface area (Å²) in [6.07, 6.45) is 1.05. The van der Waals surface area contributed by atoms with Crippen molar-refractivity contribution in [3.8, 4) is 0 Å². The van der Waals surface area contributed by atoms with Gasteiger partial charge in [-0.1, -0.05) is 6.92 Å². The van der Waals surface area contributed by atoms with Crippen LogP contribution in [-0.4, -0.2) is 12.5 Å². The van der Waals surface area contributed by atoms with Gasteiger partial charge in [-0.25, -0.2) is 13.2 Å². The van der Waals surface area contributed by atoms with Crippen molar-refractivity contribution in [3.63, 3.8) is 0 Å². The van der Waals surface area contributed by atoms with Gasteiger partial charge in [0.05, 0.1) is 0 Å². The van der Waals surface area contributed by atoms with Crippen molar-refractivity contribution >= 4 is 5.91 Å². The predicted molar refractivity (Wildman–Crippen MR) is 55.9 cm³/mol. The quantitative estimate of drug-likeness (QED) is 0.812. The van der Waals surface area contributed by atoms with Crippen LogP contribution in [0.2, 0.25) is 0 Å². The Kier molecular flexibility index (Phi) is 3.09. The monoisotopic (exact) mass is 243 g/mol. The van der Waals surface area contributed by atoms with Gasteiger partial charge in [-0.05, 0) is 30.4 Å². The summed E-state index contributed by atoms with van der Waals surface area (Å²) >= 11 is 0. The Balaban J connectivity index is 2.03. The molecule has 2 nitrogen and oxygen atoms in total. The van der Waals surface area contributed by atoms with Crippen LogP contribution in [0, 0.1) is 29.3 Å². The predicted octanol–water partition coefficient (Wildman–Crippen LogP) is 2.49. The number of hydrogen-bond acceptors (Lipinski definition) is 1. The van der Waals surface area contributed by atoms with E-state index in [-0.39, 0.29) is 5.56 Å². The third-order valence-electron chi connectivity index (χ3n) is 3.05. The SMILES string of the molecule is CC1CC1CNC(=O)c1cc(F)c(F)c(F)c1. The van der Waals surface area contributed by atoms with Crippen molar-refractivity contribution in [2.75, 3.05) is 6.54 Å². The van der Waals surface area contributed by atoms with Gasteiger partial charge in [-0.3, -0.25) is 4.79 Å². The molecule has 1 aliphatic rings. The molecule has 1 aromatic rings. The molecule has 1 saturated carbocycles. The van der Waals surface area contributed by atoms with E-state index in [0.29, 0.717) is 30.5 Å². The Morgan fingerprint density at radius 3 is 2.35 bits per heavy atom. The van der Waals surface area contributed by atoms with E-state index in [1.807, 2.05) is 0 Å². The second kappa shape index (κ2) is 4.39. The van der Waals surface area contributed by atoms with Crippen LogP contribution in [0.1, 0.15) is 23.7 Å². The molecule has 1 aliphatic carbocycles. The molecule has 1 amide bonds. The molecular formula is C12H12F3NO. The van der Waals surface area contributed by atoms with Crippen molar-refractivity contribution in [3.05, 3.63) is 35.1 Å². The fourth-order valence-corrected chi connectivity index (χ4v) is 1.70. The van der Waals surface area contributed by atoms with Crippen LogP contribution >= 0.6 is 0 Å². The minimum Gasteiger partial charge on any atom is -0.352 e. The molecule has 2 rings (SSSR count). The largest absolute Gasteiger partial charge is 0.352 e. The van der Waals surface area contributed by atoms with Crippen molar-refractivity contribution in [1.82, 2.24) is 5.32 Å². The summed E-state index contributed by atoms with van der Waals surface area (Å²) < 4.78 is 38.4. The van der Waals surface area contributed by atoms with E-state index >= 15 is 0 Å². The Morgan fingerprint density at radius 2 is 1.88 bits per heavy atom. The Labute approximate surface area is 96.8 Å². The molecule has 1 aromatic carbocycles. The molecule has 0 aromatic heterocycles. The normalized spacial score (nSPS) is 22.4. The maximum atomic E-state index is 12.9. The summed E-state index contributed by atoms with van der Waals surface area (Å²) in [5, 5.41) is 2.57. The van der Waals surface area contributed by atoms with Crippen molar-refractivity contribution < 1.29 is 18.0 Å². The number of rotatable bonds is 3. The number of carbonyl (C=O) groups is 1. The highest BCUT2D eigenvalue weighted by atomic mass is 19.2. The van der Waals surface area contributed by atoms with Gasteiger partial charge in [0.15, 0.2) is 17.5 Å². The molecule has 92 valence electrons. The summed E-state index contributed by atoms with van der Waals surface area (Å²) in [6.45, 7) is 2.55. The zero-order valence-corrected chi connectivity index (χ0v) is 9.27. The summed E-state index contributed by atoms with van der Waals surface area (Å²) in [4.78, 5) is 11.5. The molecule has 0 saturated heterocycles.